The largest absolute Gasteiger partial charge is 0.493 e. The zero-order valence-electron chi connectivity index (χ0n) is 11.5. The van der Waals surface area contributed by atoms with E-state index >= 15 is 0 Å². The van der Waals surface area contributed by atoms with E-state index < -0.39 is 11.8 Å². The molecule has 0 spiro atoms. The lowest BCUT2D eigenvalue weighted by Gasteiger charge is -2.10. The van der Waals surface area contributed by atoms with Crippen LogP contribution in [0.5, 0.6) is 11.5 Å². The Morgan fingerprint density at radius 3 is 2.43 bits per heavy atom. The van der Waals surface area contributed by atoms with E-state index in [1.807, 2.05) is 0 Å². The molecule has 5 heteroatoms. The number of carbonyl (C=O) groups is 1. The van der Waals surface area contributed by atoms with E-state index in [1.165, 1.54) is 13.2 Å². The van der Waals surface area contributed by atoms with Crippen LogP contribution in [0.25, 0.3) is 0 Å². The smallest absolute Gasteiger partial charge is 0.344 e. The SMILES string of the molecule is COc1ccccc1OCC(=O)OCc1ccccc1F. The van der Waals surface area contributed by atoms with Crippen LogP contribution in [0.3, 0.4) is 0 Å². The number of hydrogen-bond donors (Lipinski definition) is 0. The van der Waals surface area contributed by atoms with Gasteiger partial charge in [-0.3, -0.25) is 0 Å². The highest BCUT2D eigenvalue weighted by molar-refractivity contribution is 5.71. The van der Waals surface area contributed by atoms with Crippen LogP contribution in [0.2, 0.25) is 0 Å². The molecule has 0 atom stereocenters. The number of para-hydroxylation sites is 2. The van der Waals surface area contributed by atoms with Crippen molar-refractivity contribution in [2.45, 2.75) is 6.61 Å². The lowest BCUT2D eigenvalue weighted by atomic mass is 10.2. The molecule has 0 unspecified atom stereocenters. The summed E-state index contributed by atoms with van der Waals surface area (Å²) in [5.74, 6) is -0.0117. The average Bonchev–Trinajstić information content (AvgIpc) is 2.52. The second-order valence-corrected chi connectivity index (χ2v) is 4.19. The number of ether oxygens (including phenoxy) is 3. The van der Waals surface area contributed by atoms with Crippen LogP contribution >= 0.6 is 0 Å². The van der Waals surface area contributed by atoms with Crippen LogP contribution in [0.1, 0.15) is 5.56 Å². The normalized spacial score (nSPS) is 10.0. The van der Waals surface area contributed by atoms with Crippen molar-refractivity contribution in [3.8, 4) is 11.5 Å². The second kappa shape index (κ2) is 7.28. The lowest BCUT2D eigenvalue weighted by Crippen LogP contribution is -2.15. The molecule has 0 N–H and O–H groups in total. The molecular formula is C16H15FO4. The van der Waals surface area contributed by atoms with Gasteiger partial charge in [0.2, 0.25) is 0 Å². The molecule has 0 amide bonds. The summed E-state index contributed by atoms with van der Waals surface area (Å²) in [6.45, 7) is -0.393. The van der Waals surface area contributed by atoms with Crippen LogP contribution in [-0.2, 0) is 16.1 Å². The molecule has 0 heterocycles. The Hall–Kier alpha value is -2.56. The highest BCUT2D eigenvalue weighted by Gasteiger charge is 2.09. The number of carbonyl (C=O) groups excluding carboxylic acids is 1. The first-order valence-electron chi connectivity index (χ1n) is 6.35. The van der Waals surface area contributed by atoms with Gasteiger partial charge in [0, 0.05) is 5.56 Å². The highest BCUT2D eigenvalue weighted by Crippen LogP contribution is 2.25. The standard InChI is InChI=1S/C16H15FO4/c1-19-14-8-4-5-9-15(14)20-11-16(18)21-10-12-6-2-3-7-13(12)17/h2-9H,10-11H2,1H3. The first-order chi connectivity index (χ1) is 10.2. The van der Waals surface area contributed by atoms with Gasteiger partial charge in [-0.05, 0) is 18.2 Å². The summed E-state index contributed by atoms with van der Waals surface area (Å²) in [4.78, 5) is 11.6. The second-order valence-electron chi connectivity index (χ2n) is 4.19. The molecule has 0 radical (unpaired) electrons. The van der Waals surface area contributed by atoms with Gasteiger partial charge in [0.25, 0.3) is 0 Å². The Bertz CT molecular complexity index is 613. The van der Waals surface area contributed by atoms with Crippen LogP contribution in [0, 0.1) is 5.82 Å². The molecular weight excluding hydrogens is 275 g/mol. The predicted molar refractivity (Wildman–Crippen MR) is 74.7 cm³/mol. The van der Waals surface area contributed by atoms with Gasteiger partial charge in [0.15, 0.2) is 18.1 Å². The molecule has 0 bridgehead atoms. The molecule has 110 valence electrons. The van der Waals surface area contributed by atoms with E-state index in [0.717, 1.165) is 0 Å². The van der Waals surface area contributed by atoms with E-state index in [2.05, 4.69) is 0 Å². The fraction of sp³-hybridized carbons (Fsp3) is 0.188. The van der Waals surface area contributed by atoms with E-state index in [1.54, 1.807) is 42.5 Å². The summed E-state index contributed by atoms with van der Waals surface area (Å²) in [6, 6.07) is 13.1. The molecule has 2 aromatic rings. The molecule has 0 saturated carbocycles. The number of benzene rings is 2. The van der Waals surface area contributed by atoms with Crippen LogP contribution in [0.4, 0.5) is 4.39 Å². The molecule has 4 nitrogen and oxygen atoms in total. The van der Waals surface area contributed by atoms with E-state index in [-0.39, 0.29) is 13.2 Å². The number of rotatable bonds is 6. The van der Waals surface area contributed by atoms with Crippen LogP contribution in [-0.4, -0.2) is 19.7 Å². The minimum absolute atomic E-state index is 0.124. The minimum atomic E-state index is -0.579. The van der Waals surface area contributed by atoms with Crippen molar-refractivity contribution in [3.05, 3.63) is 59.9 Å². The molecule has 0 fully saturated rings. The van der Waals surface area contributed by atoms with Gasteiger partial charge in [-0.2, -0.15) is 0 Å². The third-order valence-electron chi connectivity index (χ3n) is 2.76. The number of methoxy groups -OCH3 is 1. The number of hydrogen-bond acceptors (Lipinski definition) is 4. The average molecular weight is 290 g/mol. The van der Waals surface area contributed by atoms with Crippen molar-refractivity contribution in [2.75, 3.05) is 13.7 Å². The van der Waals surface area contributed by atoms with Crippen molar-refractivity contribution in [3.63, 3.8) is 0 Å². The van der Waals surface area contributed by atoms with E-state index in [9.17, 15) is 9.18 Å². The molecule has 21 heavy (non-hydrogen) atoms. The van der Waals surface area contributed by atoms with Crippen molar-refractivity contribution in [1.29, 1.82) is 0 Å². The Morgan fingerprint density at radius 2 is 1.71 bits per heavy atom. The van der Waals surface area contributed by atoms with E-state index in [4.69, 9.17) is 14.2 Å². The van der Waals surface area contributed by atoms with E-state index in [0.29, 0.717) is 17.1 Å². The summed E-state index contributed by atoms with van der Waals surface area (Å²) >= 11 is 0. The molecule has 2 rings (SSSR count). The topological polar surface area (TPSA) is 44.8 Å². The maximum atomic E-state index is 13.4. The van der Waals surface area contributed by atoms with Gasteiger partial charge in [-0.15, -0.1) is 0 Å². The van der Waals surface area contributed by atoms with Crippen molar-refractivity contribution < 1.29 is 23.4 Å². The third-order valence-corrected chi connectivity index (χ3v) is 2.76. The van der Waals surface area contributed by atoms with Gasteiger partial charge in [-0.1, -0.05) is 30.3 Å². The monoisotopic (exact) mass is 290 g/mol. The van der Waals surface area contributed by atoms with Gasteiger partial charge < -0.3 is 14.2 Å². The molecule has 2 aromatic carbocycles. The molecule has 0 aliphatic rings. The highest BCUT2D eigenvalue weighted by atomic mass is 19.1. The maximum Gasteiger partial charge on any atom is 0.344 e. The lowest BCUT2D eigenvalue weighted by molar-refractivity contribution is -0.147. The van der Waals surface area contributed by atoms with Crippen molar-refractivity contribution in [2.24, 2.45) is 0 Å². The Labute approximate surface area is 122 Å². The van der Waals surface area contributed by atoms with Crippen molar-refractivity contribution >= 4 is 5.97 Å². The Kier molecular flexibility index (Phi) is 5.15. The summed E-state index contributed by atoms with van der Waals surface area (Å²) < 4.78 is 28.7. The fourth-order valence-electron chi connectivity index (χ4n) is 1.69. The van der Waals surface area contributed by atoms with Crippen molar-refractivity contribution in [1.82, 2.24) is 0 Å². The molecule has 0 aliphatic heterocycles. The maximum absolute atomic E-state index is 13.4. The van der Waals surface area contributed by atoms with Gasteiger partial charge in [-0.25, -0.2) is 9.18 Å². The first-order valence-corrected chi connectivity index (χ1v) is 6.35. The first kappa shape index (κ1) is 14.8. The predicted octanol–water partition coefficient (Wildman–Crippen LogP) is 2.96. The summed E-state index contributed by atoms with van der Waals surface area (Å²) in [5.41, 5.74) is 0.322. The zero-order valence-corrected chi connectivity index (χ0v) is 11.5. The summed E-state index contributed by atoms with van der Waals surface area (Å²) in [7, 11) is 1.51. The molecule has 0 aliphatic carbocycles. The quantitative estimate of drug-likeness (QED) is 0.767. The summed E-state index contributed by atoms with van der Waals surface area (Å²) in [5, 5.41) is 0. The zero-order chi connectivity index (χ0) is 15.1. The number of halogens is 1. The van der Waals surface area contributed by atoms with Crippen LogP contribution in [0.15, 0.2) is 48.5 Å². The summed E-state index contributed by atoms with van der Waals surface area (Å²) in [6.07, 6.45) is 0. The number of esters is 1. The molecule has 0 saturated heterocycles. The fourth-order valence-corrected chi connectivity index (χ4v) is 1.69. The Morgan fingerprint density at radius 1 is 1.05 bits per heavy atom. The molecule has 0 aromatic heterocycles. The minimum Gasteiger partial charge on any atom is -0.493 e. The Balaban J connectivity index is 1.84. The van der Waals surface area contributed by atoms with Gasteiger partial charge in [0.1, 0.15) is 12.4 Å². The third kappa shape index (κ3) is 4.21. The van der Waals surface area contributed by atoms with Gasteiger partial charge in [0.05, 0.1) is 7.11 Å². The van der Waals surface area contributed by atoms with Crippen LogP contribution < -0.4 is 9.47 Å². The van der Waals surface area contributed by atoms with Gasteiger partial charge >= 0.3 is 5.97 Å².